The highest BCUT2D eigenvalue weighted by molar-refractivity contribution is 6.30. The van der Waals surface area contributed by atoms with Gasteiger partial charge in [0, 0.05) is 35.6 Å². The predicted octanol–water partition coefficient (Wildman–Crippen LogP) is 2.75. The topological polar surface area (TPSA) is 108 Å². The molecule has 1 aliphatic heterocycles. The fourth-order valence-electron chi connectivity index (χ4n) is 3.38. The van der Waals surface area contributed by atoms with Crippen LogP contribution in [0.1, 0.15) is 12.0 Å². The van der Waals surface area contributed by atoms with Gasteiger partial charge < -0.3 is 20.1 Å². The number of aromatic nitrogens is 2. The van der Waals surface area contributed by atoms with E-state index < -0.39 is 23.6 Å². The van der Waals surface area contributed by atoms with Crippen molar-refractivity contribution in [2.75, 3.05) is 18.0 Å². The number of hydrogen-bond donors (Lipinski definition) is 3. The predicted molar refractivity (Wildman–Crippen MR) is 108 cm³/mol. The molecular formula is C20H18ClFN4O4. The summed E-state index contributed by atoms with van der Waals surface area (Å²) in [4.78, 5) is 26.1. The second kappa shape index (κ2) is 7.92. The summed E-state index contributed by atoms with van der Waals surface area (Å²) < 4.78 is 18.4. The van der Waals surface area contributed by atoms with Crippen molar-refractivity contribution in [2.45, 2.75) is 18.6 Å². The van der Waals surface area contributed by atoms with Crippen LogP contribution in [0.15, 0.2) is 42.6 Å². The summed E-state index contributed by atoms with van der Waals surface area (Å²) in [6.07, 6.45) is 0.916. The van der Waals surface area contributed by atoms with Gasteiger partial charge >= 0.3 is 6.09 Å². The molecule has 1 atom stereocenters. The van der Waals surface area contributed by atoms with E-state index in [0.717, 1.165) is 10.9 Å². The molecule has 3 aromatic rings. The van der Waals surface area contributed by atoms with Gasteiger partial charge in [-0.3, -0.25) is 9.89 Å². The molecule has 156 valence electrons. The Labute approximate surface area is 175 Å². The zero-order chi connectivity index (χ0) is 21.3. The number of carbonyl (C=O) groups excluding carboxylic acids is 2. The van der Waals surface area contributed by atoms with Gasteiger partial charge in [0.2, 0.25) is 0 Å². The summed E-state index contributed by atoms with van der Waals surface area (Å²) >= 11 is 5.80. The van der Waals surface area contributed by atoms with Gasteiger partial charge in [-0.15, -0.1) is 0 Å². The molecule has 0 spiro atoms. The minimum atomic E-state index is -2.25. The van der Waals surface area contributed by atoms with Crippen molar-refractivity contribution in [3.05, 3.63) is 59.0 Å². The molecule has 2 amide bonds. The number of rotatable bonds is 5. The van der Waals surface area contributed by atoms with Crippen molar-refractivity contribution in [3.63, 3.8) is 0 Å². The maximum absolute atomic E-state index is 13.3. The van der Waals surface area contributed by atoms with Crippen molar-refractivity contribution in [2.24, 2.45) is 0 Å². The lowest BCUT2D eigenvalue weighted by Crippen LogP contribution is -2.46. The summed E-state index contributed by atoms with van der Waals surface area (Å²) in [7, 11) is 0. The Bertz CT molecular complexity index is 1100. The van der Waals surface area contributed by atoms with Gasteiger partial charge in [0.25, 0.3) is 11.7 Å². The van der Waals surface area contributed by atoms with Crippen LogP contribution in [-0.2, 0) is 16.0 Å². The normalized spacial score (nSPS) is 18.8. The molecule has 1 saturated heterocycles. The van der Waals surface area contributed by atoms with Gasteiger partial charge in [-0.25, -0.2) is 9.18 Å². The molecule has 10 heteroatoms. The van der Waals surface area contributed by atoms with Gasteiger partial charge in [0.1, 0.15) is 5.82 Å². The van der Waals surface area contributed by atoms with Crippen LogP contribution in [0.5, 0.6) is 0 Å². The zero-order valence-corrected chi connectivity index (χ0v) is 16.4. The Morgan fingerprint density at radius 3 is 3.00 bits per heavy atom. The van der Waals surface area contributed by atoms with Crippen molar-refractivity contribution < 1.29 is 23.8 Å². The highest BCUT2D eigenvalue weighted by Crippen LogP contribution is 2.31. The third kappa shape index (κ3) is 4.07. The quantitative estimate of drug-likeness (QED) is 0.537. The number of nitrogens with zero attached hydrogens (tertiary/aromatic N) is 2. The number of fused-ring (bicyclic) bond motifs is 1. The molecule has 0 radical (unpaired) electrons. The summed E-state index contributed by atoms with van der Waals surface area (Å²) in [5, 5.41) is 20.8. The minimum Gasteiger partial charge on any atom is -0.407 e. The molecule has 4 rings (SSSR count). The molecule has 0 saturated carbocycles. The van der Waals surface area contributed by atoms with Crippen LogP contribution in [-0.4, -0.2) is 46.2 Å². The number of carbonyl (C=O) groups is 2. The Hall–Kier alpha value is -3.17. The van der Waals surface area contributed by atoms with E-state index in [1.165, 1.54) is 17.0 Å². The molecule has 1 unspecified atom stereocenters. The summed E-state index contributed by atoms with van der Waals surface area (Å²) in [6, 6.07) is 9.32. The van der Waals surface area contributed by atoms with Crippen LogP contribution in [0.2, 0.25) is 5.02 Å². The number of aromatic amines is 1. The van der Waals surface area contributed by atoms with E-state index in [2.05, 4.69) is 15.5 Å². The summed E-state index contributed by atoms with van der Waals surface area (Å²) in [5.74, 6) is -3.45. The number of anilines is 1. The number of halogens is 2. The van der Waals surface area contributed by atoms with Gasteiger partial charge in [-0.1, -0.05) is 11.6 Å². The van der Waals surface area contributed by atoms with Crippen molar-refractivity contribution in [1.29, 1.82) is 0 Å². The molecule has 0 bridgehead atoms. The number of ether oxygens (including phenoxy) is 1. The van der Waals surface area contributed by atoms with E-state index >= 15 is 0 Å². The van der Waals surface area contributed by atoms with Crippen molar-refractivity contribution in [1.82, 2.24) is 15.5 Å². The van der Waals surface area contributed by atoms with Crippen molar-refractivity contribution in [3.8, 4) is 0 Å². The average molecular weight is 433 g/mol. The molecule has 1 aromatic heterocycles. The lowest BCUT2D eigenvalue weighted by Gasteiger charge is -2.22. The zero-order valence-electron chi connectivity index (χ0n) is 15.7. The number of benzene rings is 2. The standard InChI is InChI=1S/C20H18ClFN4O4/c21-14-7-12(8-15(22)10-14)3-5-23-19(28)30-20(29)4-6-26(18(20)27)16-1-2-17-13(9-16)11-24-25-17/h1-2,7-11,29H,3-6H2,(H,23,28)(H,24,25). The van der Waals surface area contributed by atoms with Gasteiger partial charge in [0.05, 0.1) is 11.7 Å². The molecule has 2 heterocycles. The van der Waals surface area contributed by atoms with Crippen LogP contribution >= 0.6 is 11.6 Å². The molecule has 3 N–H and O–H groups in total. The number of amides is 2. The van der Waals surface area contributed by atoms with Crippen LogP contribution in [0.25, 0.3) is 10.9 Å². The first-order chi connectivity index (χ1) is 14.3. The van der Waals surface area contributed by atoms with E-state index in [0.29, 0.717) is 17.7 Å². The second-order valence-corrected chi connectivity index (χ2v) is 7.41. The number of alkyl carbamates (subject to hydrolysis) is 1. The largest absolute Gasteiger partial charge is 0.410 e. The molecule has 0 aliphatic carbocycles. The molecule has 1 aliphatic rings. The first kappa shape index (κ1) is 20.1. The Morgan fingerprint density at radius 1 is 1.37 bits per heavy atom. The number of nitrogens with one attached hydrogen (secondary N) is 2. The van der Waals surface area contributed by atoms with E-state index in [-0.39, 0.29) is 24.5 Å². The molecule has 30 heavy (non-hydrogen) atoms. The van der Waals surface area contributed by atoms with Gasteiger partial charge in [0.15, 0.2) is 0 Å². The average Bonchev–Trinajstić information content (AvgIpc) is 3.25. The maximum atomic E-state index is 13.3. The van der Waals surface area contributed by atoms with E-state index in [1.54, 1.807) is 30.5 Å². The fourth-order valence-corrected chi connectivity index (χ4v) is 3.62. The lowest BCUT2D eigenvalue weighted by atomic mass is 10.1. The van der Waals surface area contributed by atoms with E-state index in [9.17, 15) is 19.1 Å². The Kier molecular flexibility index (Phi) is 5.31. The SMILES string of the molecule is O=C(NCCc1cc(F)cc(Cl)c1)OC1(O)CCN(c2ccc3[nH]ncc3c2)C1=O. The molecule has 1 fully saturated rings. The summed E-state index contributed by atoms with van der Waals surface area (Å²) in [5.41, 5.74) is 1.98. The minimum absolute atomic E-state index is 0.0673. The number of hydrogen-bond acceptors (Lipinski definition) is 5. The first-order valence-electron chi connectivity index (χ1n) is 9.23. The third-order valence-electron chi connectivity index (χ3n) is 4.86. The van der Waals surface area contributed by atoms with Crippen molar-refractivity contribution >= 4 is 40.2 Å². The lowest BCUT2D eigenvalue weighted by molar-refractivity contribution is -0.175. The monoisotopic (exact) mass is 432 g/mol. The van der Waals surface area contributed by atoms with Gasteiger partial charge in [-0.2, -0.15) is 5.10 Å². The molecule has 8 nitrogen and oxygen atoms in total. The van der Waals surface area contributed by atoms with E-state index in [4.69, 9.17) is 16.3 Å². The molecule has 2 aromatic carbocycles. The highest BCUT2D eigenvalue weighted by Gasteiger charge is 2.49. The Balaban J connectivity index is 1.35. The van der Waals surface area contributed by atoms with Crippen LogP contribution in [0.3, 0.4) is 0 Å². The maximum Gasteiger partial charge on any atom is 0.410 e. The number of aliphatic hydroxyl groups is 1. The first-order valence-corrected chi connectivity index (χ1v) is 9.61. The Morgan fingerprint density at radius 2 is 2.20 bits per heavy atom. The fraction of sp³-hybridized carbons (Fsp3) is 0.250. The van der Waals surface area contributed by atoms with Crippen LogP contribution in [0.4, 0.5) is 14.9 Å². The summed E-state index contributed by atoms with van der Waals surface area (Å²) in [6.45, 7) is 0.303. The van der Waals surface area contributed by atoms with Gasteiger partial charge in [-0.05, 0) is 48.4 Å². The smallest absolute Gasteiger partial charge is 0.407 e. The number of H-pyrrole nitrogens is 1. The third-order valence-corrected chi connectivity index (χ3v) is 5.07. The van der Waals surface area contributed by atoms with Crippen LogP contribution in [0, 0.1) is 5.82 Å². The van der Waals surface area contributed by atoms with Crippen LogP contribution < -0.4 is 10.2 Å². The van der Waals surface area contributed by atoms with E-state index in [1.807, 2.05) is 0 Å². The highest BCUT2D eigenvalue weighted by atomic mass is 35.5. The molecular weight excluding hydrogens is 415 g/mol. The second-order valence-electron chi connectivity index (χ2n) is 6.98.